The van der Waals surface area contributed by atoms with E-state index in [1.807, 2.05) is 0 Å². The van der Waals surface area contributed by atoms with E-state index in [-0.39, 0.29) is 17.4 Å². The van der Waals surface area contributed by atoms with Gasteiger partial charge in [0.1, 0.15) is 12.6 Å². The van der Waals surface area contributed by atoms with Crippen molar-refractivity contribution in [2.24, 2.45) is 0 Å². The number of likely N-dealkylation sites (N-methyl/N-ethyl adjacent to an activating group) is 1. The van der Waals surface area contributed by atoms with Crippen LogP contribution >= 0.6 is 0 Å². The minimum atomic E-state index is -2.04. The molecule has 0 bridgehead atoms. The summed E-state index contributed by atoms with van der Waals surface area (Å²) in [7, 11) is 5.31. The number of aliphatic hydroxyl groups excluding tert-OH is 1. The lowest BCUT2D eigenvalue weighted by Gasteiger charge is -2.34. The second kappa shape index (κ2) is 11.6. The molecule has 0 aliphatic heterocycles. The number of carbonyl (C=O) groups excluding carboxylic acids is 1. The fourth-order valence-electron chi connectivity index (χ4n) is 3.17. The van der Waals surface area contributed by atoms with Crippen LogP contribution in [0.5, 0.6) is 0 Å². The third-order valence-corrected chi connectivity index (χ3v) is 4.27. The molecule has 0 aromatic heterocycles. The Bertz CT molecular complexity index is 405. The highest BCUT2D eigenvalue weighted by Gasteiger charge is 2.45. The van der Waals surface area contributed by atoms with Crippen LogP contribution in [-0.4, -0.2) is 70.9 Å². The Labute approximate surface area is 152 Å². The second-order valence-corrected chi connectivity index (χ2v) is 8.19. The number of nitrogens with zero attached hydrogens (tertiary/aromatic N) is 1. The summed E-state index contributed by atoms with van der Waals surface area (Å²) < 4.78 is 0.236. The molecule has 0 aromatic carbocycles. The van der Waals surface area contributed by atoms with Crippen molar-refractivity contribution in [1.82, 2.24) is 0 Å². The molecule has 0 rings (SSSR count). The maximum Gasteiger partial charge on any atom is 0.306 e. The van der Waals surface area contributed by atoms with Crippen LogP contribution in [0.25, 0.3) is 0 Å². The zero-order chi connectivity index (χ0) is 19.5. The van der Waals surface area contributed by atoms with Gasteiger partial charge in [-0.15, -0.1) is 0 Å². The fourth-order valence-corrected chi connectivity index (χ4v) is 3.17. The average molecular weight is 361 g/mol. The molecule has 148 valence electrons. The number of Topliss-reactive ketones (excluding diaryl/α,β-unsaturated/α-hetero) is 1. The summed E-state index contributed by atoms with van der Waals surface area (Å²) >= 11 is 0. The van der Waals surface area contributed by atoms with Gasteiger partial charge in [-0.25, -0.2) is 0 Å². The van der Waals surface area contributed by atoms with E-state index in [2.05, 4.69) is 6.92 Å². The number of aliphatic hydroxyl groups is 2. The van der Waals surface area contributed by atoms with Crippen LogP contribution in [0.15, 0.2) is 0 Å². The van der Waals surface area contributed by atoms with Gasteiger partial charge in [-0.2, -0.15) is 0 Å². The number of unbranched alkanes of at least 4 members (excludes halogenated alkanes) is 7. The Morgan fingerprint density at radius 1 is 0.960 bits per heavy atom. The number of carboxylic acid groups (broad SMARTS) is 1. The summed E-state index contributed by atoms with van der Waals surface area (Å²) in [6.07, 6.45) is 7.11. The van der Waals surface area contributed by atoms with Crippen molar-refractivity contribution in [3.8, 4) is 0 Å². The van der Waals surface area contributed by atoms with Crippen LogP contribution in [0.3, 0.4) is 0 Å². The first-order chi connectivity index (χ1) is 11.5. The van der Waals surface area contributed by atoms with Gasteiger partial charge in [0.05, 0.1) is 27.6 Å². The molecule has 0 aliphatic carbocycles. The molecule has 6 heteroatoms. The minimum Gasteiger partial charge on any atom is -0.481 e. The lowest BCUT2D eigenvalue weighted by atomic mass is 9.88. The maximum absolute atomic E-state index is 12.4. The number of carbonyl (C=O) groups is 2. The van der Waals surface area contributed by atoms with Crippen molar-refractivity contribution in [1.29, 1.82) is 0 Å². The largest absolute Gasteiger partial charge is 0.481 e. The van der Waals surface area contributed by atoms with Crippen molar-refractivity contribution < 1.29 is 29.4 Å². The van der Waals surface area contributed by atoms with Gasteiger partial charge in [0.15, 0.2) is 11.4 Å². The standard InChI is InChI=1S/C19H37NO5/c1-5-6-7-8-9-10-11-12-13-16(21)18(24)19(25,14-17(22)23)15-20(2,3)4/h16,21,25H,5-15H2,1-4H3/p+1. The average Bonchev–Trinajstić information content (AvgIpc) is 2.46. The Kier molecular flexibility index (Phi) is 11.1. The topological polar surface area (TPSA) is 94.8 Å². The molecule has 25 heavy (non-hydrogen) atoms. The van der Waals surface area contributed by atoms with Crippen LogP contribution < -0.4 is 0 Å². The first kappa shape index (κ1) is 24.0. The van der Waals surface area contributed by atoms with Crippen molar-refractivity contribution in [2.45, 2.75) is 82.8 Å². The molecule has 0 saturated carbocycles. The fraction of sp³-hybridized carbons (Fsp3) is 0.895. The third-order valence-electron chi connectivity index (χ3n) is 4.27. The van der Waals surface area contributed by atoms with Crippen molar-refractivity contribution in [2.75, 3.05) is 27.7 Å². The quantitative estimate of drug-likeness (QED) is 0.308. The van der Waals surface area contributed by atoms with E-state index < -0.39 is 29.9 Å². The molecular weight excluding hydrogens is 322 g/mol. The molecule has 0 amide bonds. The Balaban J connectivity index is 4.38. The highest BCUT2D eigenvalue weighted by Crippen LogP contribution is 2.20. The van der Waals surface area contributed by atoms with Crippen LogP contribution in [-0.2, 0) is 9.59 Å². The second-order valence-electron chi connectivity index (χ2n) is 8.19. The summed E-state index contributed by atoms with van der Waals surface area (Å²) in [5, 5.41) is 29.7. The van der Waals surface area contributed by atoms with E-state index in [9.17, 15) is 19.8 Å². The van der Waals surface area contributed by atoms with E-state index in [4.69, 9.17) is 5.11 Å². The maximum atomic E-state index is 12.4. The van der Waals surface area contributed by atoms with Crippen LogP contribution in [0.2, 0.25) is 0 Å². The summed E-state index contributed by atoms with van der Waals surface area (Å²) in [6, 6.07) is 0. The van der Waals surface area contributed by atoms with Crippen LogP contribution in [0.1, 0.15) is 71.1 Å². The molecule has 0 radical (unpaired) electrons. The van der Waals surface area contributed by atoms with Crippen LogP contribution in [0, 0.1) is 0 Å². The van der Waals surface area contributed by atoms with Gasteiger partial charge in [0.2, 0.25) is 0 Å². The van der Waals surface area contributed by atoms with Gasteiger partial charge in [0.25, 0.3) is 0 Å². The number of aliphatic carboxylic acids is 1. The van der Waals surface area contributed by atoms with E-state index in [0.29, 0.717) is 6.42 Å². The molecule has 6 nitrogen and oxygen atoms in total. The Morgan fingerprint density at radius 2 is 1.44 bits per heavy atom. The first-order valence-electron chi connectivity index (χ1n) is 9.49. The SMILES string of the molecule is CCCCCCCCCCC(O)C(=O)C(O)(CC(=O)O)C[N+](C)(C)C. The number of ketones is 1. The number of carboxylic acids is 1. The van der Waals surface area contributed by atoms with Gasteiger partial charge < -0.3 is 19.8 Å². The number of rotatable bonds is 15. The molecule has 2 atom stereocenters. The predicted molar refractivity (Wildman–Crippen MR) is 98.3 cm³/mol. The van der Waals surface area contributed by atoms with E-state index in [1.165, 1.54) is 25.7 Å². The number of hydrogen-bond acceptors (Lipinski definition) is 4. The van der Waals surface area contributed by atoms with Gasteiger partial charge >= 0.3 is 5.97 Å². The highest BCUT2D eigenvalue weighted by atomic mass is 16.4. The zero-order valence-corrected chi connectivity index (χ0v) is 16.5. The summed E-state index contributed by atoms with van der Waals surface area (Å²) in [5.74, 6) is -2.02. The minimum absolute atomic E-state index is 0.0490. The molecule has 3 N–H and O–H groups in total. The van der Waals surface area contributed by atoms with Crippen molar-refractivity contribution >= 4 is 11.8 Å². The number of quaternary nitrogens is 1. The predicted octanol–water partition coefficient (Wildman–Crippen LogP) is 2.36. The Morgan fingerprint density at radius 3 is 1.88 bits per heavy atom. The normalized spacial score (nSPS) is 15.6. The molecule has 0 aliphatic rings. The molecule has 0 heterocycles. The highest BCUT2D eigenvalue weighted by molar-refractivity contribution is 5.94. The van der Waals surface area contributed by atoms with E-state index in [0.717, 1.165) is 19.3 Å². The molecule has 0 spiro atoms. The summed E-state index contributed by atoms with van der Waals surface area (Å²) in [6.45, 7) is 2.13. The van der Waals surface area contributed by atoms with Crippen LogP contribution in [0.4, 0.5) is 0 Å². The monoisotopic (exact) mass is 360 g/mol. The van der Waals surface area contributed by atoms with Gasteiger partial charge in [-0.05, 0) is 6.42 Å². The smallest absolute Gasteiger partial charge is 0.306 e. The summed E-state index contributed by atoms with van der Waals surface area (Å²) in [4.78, 5) is 23.5. The van der Waals surface area contributed by atoms with Gasteiger partial charge in [0, 0.05) is 0 Å². The van der Waals surface area contributed by atoms with E-state index >= 15 is 0 Å². The molecular formula is C19H38NO5+. The molecule has 2 unspecified atom stereocenters. The van der Waals surface area contributed by atoms with Gasteiger partial charge in [-0.3, -0.25) is 9.59 Å². The van der Waals surface area contributed by atoms with Crippen molar-refractivity contribution in [3.63, 3.8) is 0 Å². The zero-order valence-electron chi connectivity index (χ0n) is 16.5. The molecule has 0 aromatic rings. The first-order valence-corrected chi connectivity index (χ1v) is 9.49. The Hall–Kier alpha value is -0.980. The van der Waals surface area contributed by atoms with E-state index in [1.54, 1.807) is 21.1 Å². The summed E-state index contributed by atoms with van der Waals surface area (Å²) in [5.41, 5.74) is -2.04. The number of hydrogen-bond donors (Lipinski definition) is 3. The van der Waals surface area contributed by atoms with Crippen molar-refractivity contribution in [3.05, 3.63) is 0 Å². The lowest BCUT2D eigenvalue weighted by molar-refractivity contribution is -0.875. The molecule has 0 saturated heterocycles. The lowest BCUT2D eigenvalue weighted by Crippen LogP contribution is -2.57. The molecule has 0 fully saturated rings. The third kappa shape index (κ3) is 11.3. The van der Waals surface area contributed by atoms with Gasteiger partial charge in [-0.1, -0.05) is 58.3 Å².